The van der Waals surface area contributed by atoms with Crippen molar-refractivity contribution in [2.24, 2.45) is 0 Å². The summed E-state index contributed by atoms with van der Waals surface area (Å²) in [5.41, 5.74) is 3.50. The van der Waals surface area contributed by atoms with Gasteiger partial charge in [0, 0.05) is 29.4 Å². The van der Waals surface area contributed by atoms with Crippen LogP contribution in [-0.2, 0) is 6.54 Å². The van der Waals surface area contributed by atoms with E-state index in [4.69, 9.17) is 0 Å². The Morgan fingerprint density at radius 2 is 1.88 bits per heavy atom. The van der Waals surface area contributed by atoms with Crippen LogP contribution in [0.4, 0.5) is 0 Å². The van der Waals surface area contributed by atoms with Gasteiger partial charge >= 0.3 is 0 Å². The Bertz CT molecular complexity index is 466. The average Bonchev–Trinajstić information content (AvgIpc) is 2.75. The molecule has 0 bridgehead atoms. The maximum atomic E-state index is 4.32. The molecule has 1 aromatic carbocycles. The smallest absolute Gasteiger partial charge is 0.0965 e. The van der Waals surface area contributed by atoms with Gasteiger partial charge in [0.15, 0.2) is 0 Å². The Morgan fingerprint density at radius 3 is 2.53 bits per heavy atom. The molecular formula is C14H19N3. The summed E-state index contributed by atoms with van der Waals surface area (Å²) < 4.78 is 0. The fraction of sp³-hybridized carbons (Fsp3) is 0.357. The molecule has 2 aromatic rings. The Kier molecular flexibility index (Phi) is 3.29. The third-order valence-electron chi connectivity index (χ3n) is 2.58. The zero-order chi connectivity index (χ0) is 12.3. The Morgan fingerprint density at radius 1 is 1.18 bits per heavy atom. The van der Waals surface area contributed by atoms with E-state index in [1.165, 1.54) is 5.56 Å². The topological polar surface area (TPSA) is 40.7 Å². The Labute approximate surface area is 102 Å². The second-order valence-electron chi connectivity index (χ2n) is 5.23. The van der Waals surface area contributed by atoms with Crippen molar-refractivity contribution in [1.29, 1.82) is 0 Å². The van der Waals surface area contributed by atoms with Gasteiger partial charge in [-0.25, -0.2) is 0 Å². The van der Waals surface area contributed by atoms with Gasteiger partial charge in [0.25, 0.3) is 0 Å². The molecule has 0 aliphatic heterocycles. The molecule has 2 rings (SSSR count). The highest BCUT2D eigenvalue weighted by atomic mass is 15.1. The third-order valence-corrected chi connectivity index (χ3v) is 2.58. The number of aromatic nitrogens is 2. The average molecular weight is 229 g/mol. The summed E-state index contributed by atoms with van der Waals surface area (Å²) in [5.74, 6) is 0. The lowest BCUT2D eigenvalue weighted by atomic mass is 10.1. The molecule has 0 spiro atoms. The monoisotopic (exact) mass is 229 g/mol. The molecule has 0 saturated heterocycles. The van der Waals surface area contributed by atoms with E-state index in [1.807, 2.05) is 24.4 Å². The molecule has 0 saturated carbocycles. The van der Waals surface area contributed by atoms with Gasteiger partial charge in [0.2, 0.25) is 0 Å². The standard InChI is InChI=1S/C14H19N3/c1-14(2,3)15-9-12-10-16-17-13(12)11-7-5-4-6-8-11/h4-8,10,15H,9H2,1-3H3,(H,16,17). The molecular weight excluding hydrogens is 210 g/mol. The first-order valence-corrected chi connectivity index (χ1v) is 5.89. The second-order valence-corrected chi connectivity index (χ2v) is 5.23. The molecule has 0 amide bonds. The van der Waals surface area contributed by atoms with Crippen LogP contribution in [0.3, 0.4) is 0 Å². The number of nitrogens with zero attached hydrogens (tertiary/aromatic N) is 1. The van der Waals surface area contributed by atoms with Gasteiger partial charge in [0.1, 0.15) is 0 Å². The van der Waals surface area contributed by atoms with E-state index in [0.29, 0.717) is 0 Å². The highest BCUT2D eigenvalue weighted by Gasteiger charge is 2.12. The van der Waals surface area contributed by atoms with Crippen molar-refractivity contribution < 1.29 is 0 Å². The Balaban J connectivity index is 2.18. The molecule has 3 heteroatoms. The fourth-order valence-corrected chi connectivity index (χ4v) is 1.66. The summed E-state index contributed by atoms with van der Waals surface area (Å²) in [5, 5.41) is 10.7. The van der Waals surface area contributed by atoms with Crippen LogP contribution < -0.4 is 5.32 Å². The Hall–Kier alpha value is -1.61. The van der Waals surface area contributed by atoms with Gasteiger partial charge < -0.3 is 5.32 Å². The first kappa shape index (κ1) is 11.9. The van der Waals surface area contributed by atoms with Gasteiger partial charge in [-0.05, 0) is 20.8 Å². The molecule has 0 aliphatic rings. The normalized spacial score (nSPS) is 11.7. The largest absolute Gasteiger partial charge is 0.308 e. The highest BCUT2D eigenvalue weighted by Crippen LogP contribution is 2.20. The zero-order valence-electron chi connectivity index (χ0n) is 10.6. The van der Waals surface area contributed by atoms with Crippen molar-refractivity contribution in [2.75, 3.05) is 0 Å². The summed E-state index contributed by atoms with van der Waals surface area (Å²) in [6, 6.07) is 10.2. The van der Waals surface area contributed by atoms with Gasteiger partial charge in [-0.3, -0.25) is 5.10 Å². The second kappa shape index (κ2) is 4.72. The van der Waals surface area contributed by atoms with E-state index < -0.39 is 0 Å². The van der Waals surface area contributed by atoms with Gasteiger partial charge in [-0.2, -0.15) is 5.10 Å². The number of H-pyrrole nitrogens is 1. The quantitative estimate of drug-likeness (QED) is 0.849. The summed E-state index contributed by atoms with van der Waals surface area (Å²) in [4.78, 5) is 0. The zero-order valence-corrected chi connectivity index (χ0v) is 10.6. The van der Waals surface area contributed by atoms with E-state index in [1.54, 1.807) is 0 Å². The predicted molar refractivity (Wildman–Crippen MR) is 70.6 cm³/mol. The fourth-order valence-electron chi connectivity index (χ4n) is 1.66. The van der Waals surface area contributed by atoms with Crippen molar-refractivity contribution in [3.05, 3.63) is 42.1 Å². The first-order chi connectivity index (χ1) is 8.06. The summed E-state index contributed by atoms with van der Waals surface area (Å²) >= 11 is 0. The van der Waals surface area contributed by atoms with E-state index in [-0.39, 0.29) is 5.54 Å². The minimum Gasteiger partial charge on any atom is -0.308 e. The van der Waals surface area contributed by atoms with Crippen molar-refractivity contribution in [1.82, 2.24) is 15.5 Å². The highest BCUT2D eigenvalue weighted by molar-refractivity contribution is 5.62. The molecule has 0 unspecified atom stereocenters. The van der Waals surface area contributed by atoms with E-state index in [2.05, 4.69) is 48.4 Å². The van der Waals surface area contributed by atoms with Crippen LogP contribution in [0.2, 0.25) is 0 Å². The van der Waals surface area contributed by atoms with Crippen molar-refractivity contribution in [2.45, 2.75) is 32.9 Å². The maximum Gasteiger partial charge on any atom is 0.0965 e. The lowest BCUT2D eigenvalue weighted by Gasteiger charge is -2.20. The summed E-state index contributed by atoms with van der Waals surface area (Å²) in [7, 11) is 0. The predicted octanol–water partition coefficient (Wildman–Crippen LogP) is 2.96. The molecule has 2 N–H and O–H groups in total. The SMILES string of the molecule is CC(C)(C)NCc1c[nH]nc1-c1ccccc1. The lowest BCUT2D eigenvalue weighted by molar-refractivity contribution is 0.424. The van der Waals surface area contributed by atoms with Crippen LogP contribution >= 0.6 is 0 Å². The number of rotatable bonds is 3. The van der Waals surface area contributed by atoms with Crippen LogP contribution in [0, 0.1) is 0 Å². The van der Waals surface area contributed by atoms with Gasteiger partial charge in [-0.15, -0.1) is 0 Å². The molecule has 1 heterocycles. The summed E-state index contributed by atoms with van der Waals surface area (Å²) in [6.07, 6.45) is 1.96. The van der Waals surface area contributed by atoms with E-state index >= 15 is 0 Å². The number of hydrogen-bond donors (Lipinski definition) is 2. The van der Waals surface area contributed by atoms with Crippen LogP contribution in [0.5, 0.6) is 0 Å². The number of nitrogens with one attached hydrogen (secondary N) is 2. The van der Waals surface area contributed by atoms with Crippen LogP contribution in [0.1, 0.15) is 26.3 Å². The number of hydrogen-bond acceptors (Lipinski definition) is 2. The van der Waals surface area contributed by atoms with E-state index in [9.17, 15) is 0 Å². The summed E-state index contributed by atoms with van der Waals surface area (Å²) in [6.45, 7) is 7.31. The first-order valence-electron chi connectivity index (χ1n) is 5.89. The molecule has 0 aliphatic carbocycles. The lowest BCUT2D eigenvalue weighted by Crippen LogP contribution is -2.35. The van der Waals surface area contributed by atoms with Crippen molar-refractivity contribution >= 4 is 0 Å². The minimum absolute atomic E-state index is 0.116. The molecule has 0 atom stereocenters. The van der Waals surface area contributed by atoms with Crippen LogP contribution in [0.15, 0.2) is 36.5 Å². The van der Waals surface area contributed by atoms with Gasteiger partial charge in [-0.1, -0.05) is 30.3 Å². The maximum absolute atomic E-state index is 4.32. The molecule has 0 fully saturated rings. The number of aromatic amines is 1. The molecule has 90 valence electrons. The molecule has 3 nitrogen and oxygen atoms in total. The van der Waals surface area contributed by atoms with Crippen LogP contribution in [0.25, 0.3) is 11.3 Å². The third kappa shape index (κ3) is 3.17. The van der Waals surface area contributed by atoms with Crippen molar-refractivity contribution in [3.63, 3.8) is 0 Å². The van der Waals surface area contributed by atoms with Gasteiger partial charge in [0.05, 0.1) is 5.69 Å². The van der Waals surface area contributed by atoms with Crippen LogP contribution in [-0.4, -0.2) is 15.7 Å². The number of benzene rings is 1. The van der Waals surface area contributed by atoms with Crippen molar-refractivity contribution in [3.8, 4) is 11.3 Å². The van der Waals surface area contributed by atoms with E-state index in [0.717, 1.165) is 17.8 Å². The minimum atomic E-state index is 0.116. The molecule has 17 heavy (non-hydrogen) atoms. The molecule has 1 aromatic heterocycles. The molecule has 0 radical (unpaired) electrons.